The molecule has 0 bridgehead atoms. The van der Waals surface area contributed by atoms with E-state index in [-0.39, 0.29) is 5.91 Å². The van der Waals surface area contributed by atoms with Crippen LogP contribution in [0.4, 0.5) is 5.69 Å². The molecule has 0 saturated carbocycles. The molecule has 0 radical (unpaired) electrons. The summed E-state index contributed by atoms with van der Waals surface area (Å²) in [5, 5.41) is 0. The van der Waals surface area contributed by atoms with E-state index in [1.807, 2.05) is 20.9 Å². The fourth-order valence-corrected chi connectivity index (χ4v) is 2.59. The third kappa shape index (κ3) is 2.81. The van der Waals surface area contributed by atoms with E-state index in [0.29, 0.717) is 6.54 Å². The minimum absolute atomic E-state index is 0.0748. The summed E-state index contributed by atoms with van der Waals surface area (Å²) in [6.45, 7) is 4.15. The van der Waals surface area contributed by atoms with Gasteiger partial charge in [0.25, 0.3) is 0 Å². The highest BCUT2D eigenvalue weighted by Crippen LogP contribution is 2.27. The van der Waals surface area contributed by atoms with Crippen LogP contribution < -0.4 is 10.6 Å². The summed E-state index contributed by atoms with van der Waals surface area (Å²) in [6.07, 6.45) is 4.83. The second kappa shape index (κ2) is 5.33. The number of carbonyl (C=O) groups excluding carboxylic acids is 1. The number of amides is 1. The lowest BCUT2D eigenvalue weighted by Crippen LogP contribution is -2.43. The Balaban J connectivity index is 2.24. The van der Waals surface area contributed by atoms with Crippen molar-refractivity contribution in [2.24, 2.45) is 11.1 Å². The smallest absolute Gasteiger partial charge is 0.233 e. The van der Waals surface area contributed by atoms with Gasteiger partial charge in [-0.2, -0.15) is 0 Å². The van der Waals surface area contributed by atoms with E-state index in [1.54, 1.807) is 4.90 Å². The van der Waals surface area contributed by atoms with Gasteiger partial charge in [-0.3, -0.25) is 4.79 Å². The fraction of sp³-hybridized carbons (Fsp3) is 0.562. The molecule has 1 aromatic rings. The monoisotopic (exact) mass is 260 g/mol. The molecule has 0 unspecified atom stereocenters. The molecule has 0 heterocycles. The van der Waals surface area contributed by atoms with Crippen molar-refractivity contribution in [3.8, 4) is 0 Å². The molecule has 1 aliphatic carbocycles. The molecule has 2 rings (SSSR count). The first-order valence-corrected chi connectivity index (χ1v) is 7.06. The Morgan fingerprint density at radius 2 is 1.89 bits per heavy atom. The molecule has 0 fully saturated rings. The van der Waals surface area contributed by atoms with Gasteiger partial charge < -0.3 is 10.6 Å². The largest absolute Gasteiger partial charge is 0.329 e. The molecule has 3 heteroatoms. The summed E-state index contributed by atoms with van der Waals surface area (Å²) >= 11 is 0. The van der Waals surface area contributed by atoms with Gasteiger partial charge in [0.15, 0.2) is 0 Å². The Hall–Kier alpha value is -1.35. The number of rotatable bonds is 3. The van der Waals surface area contributed by atoms with Crippen LogP contribution in [0.2, 0.25) is 0 Å². The second-order valence-electron chi connectivity index (χ2n) is 6.11. The number of carbonyl (C=O) groups is 1. The number of anilines is 1. The summed E-state index contributed by atoms with van der Waals surface area (Å²) < 4.78 is 0. The first-order chi connectivity index (χ1) is 8.95. The summed E-state index contributed by atoms with van der Waals surface area (Å²) in [6, 6.07) is 6.39. The summed E-state index contributed by atoms with van der Waals surface area (Å²) in [7, 11) is 1.84. The predicted octanol–water partition coefficient (Wildman–Crippen LogP) is 2.51. The Kier molecular flexibility index (Phi) is 3.95. The molecule has 19 heavy (non-hydrogen) atoms. The molecule has 1 aromatic carbocycles. The minimum Gasteiger partial charge on any atom is -0.329 e. The van der Waals surface area contributed by atoms with Crippen LogP contribution in [0.1, 0.15) is 37.8 Å². The fourth-order valence-electron chi connectivity index (χ4n) is 2.59. The van der Waals surface area contributed by atoms with Gasteiger partial charge in [-0.1, -0.05) is 6.07 Å². The number of nitrogens with zero attached hydrogens (tertiary/aromatic N) is 1. The van der Waals surface area contributed by atoms with Crippen molar-refractivity contribution in [2.45, 2.75) is 39.5 Å². The third-order valence-electron chi connectivity index (χ3n) is 4.11. The van der Waals surface area contributed by atoms with Gasteiger partial charge in [-0.15, -0.1) is 0 Å². The second-order valence-corrected chi connectivity index (χ2v) is 6.11. The van der Waals surface area contributed by atoms with E-state index >= 15 is 0 Å². The summed E-state index contributed by atoms with van der Waals surface area (Å²) in [5.41, 5.74) is 8.99. The summed E-state index contributed by atoms with van der Waals surface area (Å²) in [4.78, 5) is 14.1. The zero-order valence-electron chi connectivity index (χ0n) is 12.2. The van der Waals surface area contributed by atoms with E-state index in [4.69, 9.17) is 5.73 Å². The van der Waals surface area contributed by atoms with E-state index in [2.05, 4.69) is 18.2 Å². The predicted molar refractivity (Wildman–Crippen MR) is 79.3 cm³/mol. The Morgan fingerprint density at radius 3 is 2.53 bits per heavy atom. The highest BCUT2D eigenvalue weighted by Gasteiger charge is 2.29. The van der Waals surface area contributed by atoms with Gasteiger partial charge in [0.2, 0.25) is 5.91 Å². The van der Waals surface area contributed by atoms with Gasteiger partial charge in [-0.05, 0) is 62.8 Å². The van der Waals surface area contributed by atoms with Crippen LogP contribution in [-0.4, -0.2) is 19.5 Å². The Labute approximate surface area is 115 Å². The van der Waals surface area contributed by atoms with Crippen molar-refractivity contribution in [3.05, 3.63) is 29.3 Å². The molecule has 1 aliphatic rings. The molecule has 0 aliphatic heterocycles. The molecule has 3 nitrogen and oxygen atoms in total. The summed E-state index contributed by atoms with van der Waals surface area (Å²) in [5.74, 6) is 0.0748. The van der Waals surface area contributed by atoms with Crippen molar-refractivity contribution in [3.63, 3.8) is 0 Å². The van der Waals surface area contributed by atoms with E-state index in [0.717, 1.165) is 12.1 Å². The van der Waals surface area contributed by atoms with E-state index in [1.165, 1.54) is 30.4 Å². The van der Waals surface area contributed by atoms with Crippen LogP contribution >= 0.6 is 0 Å². The molecule has 1 amide bonds. The van der Waals surface area contributed by atoms with Crippen LogP contribution in [-0.2, 0) is 17.6 Å². The average molecular weight is 260 g/mol. The standard InChI is InChI=1S/C16H24N2O/c1-16(2,11-17)15(19)18(3)14-9-8-12-6-4-5-7-13(12)10-14/h8-10H,4-7,11,17H2,1-3H3. The van der Waals surface area contributed by atoms with Gasteiger partial charge in [0, 0.05) is 19.3 Å². The van der Waals surface area contributed by atoms with Gasteiger partial charge in [0.05, 0.1) is 5.41 Å². The highest BCUT2D eigenvalue weighted by molar-refractivity contribution is 5.96. The van der Waals surface area contributed by atoms with Crippen LogP contribution in [0.25, 0.3) is 0 Å². The van der Waals surface area contributed by atoms with E-state index in [9.17, 15) is 4.79 Å². The SMILES string of the molecule is CN(C(=O)C(C)(C)CN)c1ccc2c(c1)CCCC2. The maximum atomic E-state index is 12.4. The molecule has 104 valence electrons. The number of aryl methyl sites for hydroxylation is 2. The molecular formula is C16H24N2O. The quantitative estimate of drug-likeness (QED) is 0.907. The highest BCUT2D eigenvalue weighted by atomic mass is 16.2. The Morgan fingerprint density at radius 1 is 1.26 bits per heavy atom. The first-order valence-electron chi connectivity index (χ1n) is 7.06. The van der Waals surface area contributed by atoms with Crippen LogP contribution in [0.3, 0.4) is 0 Å². The van der Waals surface area contributed by atoms with Crippen molar-refractivity contribution in [1.29, 1.82) is 0 Å². The van der Waals surface area contributed by atoms with Gasteiger partial charge in [0.1, 0.15) is 0 Å². The number of hydrogen-bond donors (Lipinski definition) is 1. The molecule has 0 spiro atoms. The van der Waals surface area contributed by atoms with Gasteiger partial charge >= 0.3 is 0 Å². The number of nitrogens with two attached hydrogens (primary N) is 1. The van der Waals surface area contributed by atoms with Gasteiger partial charge in [-0.25, -0.2) is 0 Å². The molecule has 0 saturated heterocycles. The molecule has 0 atom stereocenters. The van der Waals surface area contributed by atoms with Crippen molar-refractivity contribution in [2.75, 3.05) is 18.5 Å². The normalized spacial score (nSPS) is 14.9. The van der Waals surface area contributed by atoms with E-state index < -0.39 is 5.41 Å². The molecule has 0 aromatic heterocycles. The molecular weight excluding hydrogens is 236 g/mol. The minimum atomic E-state index is -0.509. The third-order valence-corrected chi connectivity index (χ3v) is 4.11. The number of benzene rings is 1. The lowest BCUT2D eigenvalue weighted by molar-refractivity contribution is -0.125. The zero-order chi connectivity index (χ0) is 14.0. The van der Waals surface area contributed by atoms with Crippen LogP contribution in [0, 0.1) is 5.41 Å². The topological polar surface area (TPSA) is 46.3 Å². The van der Waals surface area contributed by atoms with Crippen LogP contribution in [0.15, 0.2) is 18.2 Å². The lowest BCUT2D eigenvalue weighted by atomic mass is 9.90. The Bertz CT molecular complexity index is 480. The zero-order valence-corrected chi connectivity index (χ0v) is 12.2. The van der Waals surface area contributed by atoms with Crippen molar-refractivity contribution >= 4 is 11.6 Å². The van der Waals surface area contributed by atoms with Crippen LogP contribution in [0.5, 0.6) is 0 Å². The maximum absolute atomic E-state index is 12.4. The van der Waals surface area contributed by atoms with Crippen molar-refractivity contribution < 1.29 is 4.79 Å². The number of fused-ring (bicyclic) bond motifs is 1. The average Bonchev–Trinajstić information content (AvgIpc) is 2.45. The first kappa shape index (κ1) is 14.1. The lowest BCUT2D eigenvalue weighted by Gasteiger charge is -2.29. The number of hydrogen-bond acceptors (Lipinski definition) is 2. The van der Waals surface area contributed by atoms with Crippen molar-refractivity contribution in [1.82, 2.24) is 0 Å². The molecule has 2 N–H and O–H groups in total. The maximum Gasteiger partial charge on any atom is 0.233 e.